The van der Waals surface area contributed by atoms with Gasteiger partial charge in [-0.15, -0.1) is 0 Å². The molecule has 2 heterocycles. The Bertz CT molecular complexity index is 253. The van der Waals surface area contributed by atoms with Gasteiger partial charge in [-0.25, -0.2) is 0 Å². The van der Waals surface area contributed by atoms with E-state index in [0.29, 0.717) is 52.9 Å². The smallest absolute Gasteiger partial charge is 0.189 e. The number of hydrogen-bond donors (Lipinski definition) is 0. The van der Waals surface area contributed by atoms with E-state index in [4.69, 9.17) is 28.4 Å². The molecule has 0 amide bonds. The quantitative estimate of drug-likeness (QED) is 0.785. The van der Waals surface area contributed by atoms with E-state index in [1.807, 2.05) is 6.92 Å². The van der Waals surface area contributed by atoms with Crippen molar-refractivity contribution in [2.45, 2.75) is 38.1 Å². The molecular weight excluding hydrogens is 276 g/mol. The first-order chi connectivity index (χ1) is 10.3. The topological polar surface area (TPSA) is 55.4 Å². The van der Waals surface area contributed by atoms with E-state index in [1.165, 1.54) is 0 Å². The van der Waals surface area contributed by atoms with Gasteiger partial charge in [0.25, 0.3) is 0 Å². The van der Waals surface area contributed by atoms with Gasteiger partial charge in [-0.1, -0.05) is 0 Å². The lowest BCUT2D eigenvalue weighted by molar-refractivity contribution is -0.259. The highest BCUT2D eigenvalue weighted by Gasteiger charge is 2.29. The van der Waals surface area contributed by atoms with Gasteiger partial charge in [0.05, 0.1) is 45.7 Å². The molecule has 21 heavy (non-hydrogen) atoms. The van der Waals surface area contributed by atoms with Crippen molar-refractivity contribution in [1.29, 1.82) is 0 Å². The Labute approximate surface area is 127 Å². The zero-order chi connectivity index (χ0) is 14.8. The van der Waals surface area contributed by atoms with Crippen LogP contribution >= 0.6 is 0 Å². The predicted octanol–water partition coefficient (Wildman–Crippen LogP) is 1.37. The maximum atomic E-state index is 5.94. The van der Waals surface area contributed by atoms with E-state index in [-0.39, 0.29) is 6.10 Å². The third kappa shape index (κ3) is 7.04. The summed E-state index contributed by atoms with van der Waals surface area (Å²) in [7, 11) is 0. The van der Waals surface area contributed by atoms with Crippen molar-refractivity contribution in [2.24, 2.45) is 0 Å². The van der Waals surface area contributed by atoms with Crippen LogP contribution in [0.15, 0.2) is 0 Å². The highest BCUT2D eigenvalue weighted by atomic mass is 16.7. The lowest BCUT2D eigenvalue weighted by Crippen LogP contribution is -2.40. The van der Waals surface area contributed by atoms with Crippen LogP contribution in [0.3, 0.4) is 0 Å². The van der Waals surface area contributed by atoms with Crippen LogP contribution in [0.2, 0.25) is 0 Å². The highest BCUT2D eigenvalue weighted by Crippen LogP contribution is 2.19. The van der Waals surface area contributed by atoms with Gasteiger partial charge >= 0.3 is 0 Å². The Balaban J connectivity index is 1.76. The monoisotopic (exact) mass is 304 g/mol. The molecule has 2 fully saturated rings. The summed E-state index contributed by atoms with van der Waals surface area (Å²) in [6.45, 7) is 7.27. The van der Waals surface area contributed by atoms with Crippen LogP contribution in [0.5, 0.6) is 0 Å². The van der Waals surface area contributed by atoms with Gasteiger partial charge in [-0.3, -0.25) is 0 Å². The molecule has 124 valence electrons. The largest absolute Gasteiger partial charge is 0.379 e. The number of ether oxygens (including phenoxy) is 6. The molecule has 6 nitrogen and oxygen atoms in total. The molecule has 0 aromatic rings. The highest BCUT2D eigenvalue weighted by molar-refractivity contribution is 4.68. The van der Waals surface area contributed by atoms with Crippen LogP contribution < -0.4 is 0 Å². The second kappa shape index (κ2) is 9.71. The first-order valence-electron chi connectivity index (χ1n) is 7.91. The summed E-state index contributed by atoms with van der Waals surface area (Å²) in [5.41, 5.74) is 0. The number of hydrogen-bond acceptors (Lipinski definition) is 6. The Hall–Kier alpha value is -0.240. The van der Waals surface area contributed by atoms with E-state index in [0.717, 1.165) is 25.9 Å². The van der Waals surface area contributed by atoms with Crippen molar-refractivity contribution in [2.75, 3.05) is 59.5 Å². The zero-order valence-electron chi connectivity index (χ0n) is 13.0. The van der Waals surface area contributed by atoms with Crippen LogP contribution in [-0.4, -0.2) is 71.4 Å². The van der Waals surface area contributed by atoms with Crippen LogP contribution in [0.25, 0.3) is 0 Å². The minimum absolute atomic E-state index is 0.182. The standard InChI is InChI=1S/C15H28O6/c1-15(21-12-14-4-2-6-19-14)13-18-11-10-17-9-8-16-5-3-7-20-15/h14H,2-13H2,1H3. The molecule has 0 N–H and O–H groups in total. The van der Waals surface area contributed by atoms with E-state index in [9.17, 15) is 0 Å². The molecule has 2 rings (SSSR count). The third-order valence-corrected chi connectivity index (χ3v) is 3.55. The average Bonchev–Trinajstić information content (AvgIpc) is 2.99. The molecule has 0 saturated carbocycles. The second-order valence-electron chi connectivity index (χ2n) is 5.56. The van der Waals surface area contributed by atoms with E-state index >= 15 is 0 Å². The van der Waals surface area contributed by atoms with Crippen LogP contribution in [-0.2, 0) is 28.4 Å². The maximum Gasteiger partial charge on any atom is 0.189 e. The summed E-state index contributed by atoms with van der Waals surface area (Å²) in [4.78, 5) is 0. The molecule has 0 aliphatic carbocycles. The molecule has 2 aliphatic rings. The van der Waals surface area contributed by atoms with Crippen molar-refractivity contribution in [1.82, 2.24) is 0 Å². The Kier molecular flexibility index (Phi) is 7.92. The zero-order valence-corrected chi connectivity index (χ0v) is 13.0. The van der Waals surface area contributed by atoms with Gasteiger partial charge < -0.3 is 28.4 Å². The minimum atomic E-state index is -0.736. The summed E-state index contributed by atoms with van der Waals surface area (Å²) in [5, 5.41) is 0. The van der Waals surface area contributed by atoms with Crippen molar-refractivity contribution in [3.8, 4) is 0 Å². The average molecular weight is 304 g/mol. The second-order valence-corrected chi connectivity index (χ2v) is 5.56. The summed E-state index contributed by atoms with van der Waals surface area (Å²) >= 11 is 0. The Morgan fingerprint density at radius 1 is 0.905 bits per heavy atom. The van der Waals surface area contributed by atoms with Gasteiger partial charge in [-0.2, -0.15) is 0 Å². The van der Waals surface area contributed by atoms with Gasteiger partial charge in [0.1, 0.15) is 6.61 Å². The normalized spacial score (nSPS) is 33.9. The van der Waals surface area contributed by atoms with Gasteiger partial charge in [0.2, 0.25) is 0 Å². The van der Waals surface area contributed by atoms with Crippen molar-refractivity contribution < 1.29 is 28.4 Å². The lowest BCUT2D eigenvalue weighted by atomic mass is 10.2. The first kappa shape index (κ1) is 17.1. The SMILES string of the molecule is CC1(OCC2CCCO2)COCCOCCOCCCO1. The van der Waals surface area contributed by atoms with Crippen LogP contribution in [0.4, 0.5) is 0 Å². The third-order valence-electron chi connectivity index (χ3n) is 3.55. The van der Waals surface area contributed by atoms with Crippen molar-refractivity contribution >= 4 is 0 Å². The fourth-order valence-electron chi connectivity index (χ4n) is 2.32. The minimum Gasteiger partial charge on any atom is -0.379 e. The molecule has 2 atom stereocenters. The molecule has 0 aromatic carbocycles. The van der Waals surface area contributed by atoms with Gasteiger partial charge in [-0.05, 0) is 26.2 Å². The van der Waals surface area contributed by atoms with Crippen LogP contribution in [0, 0.1) is 0 Å². The van der Waals surface area contributed by atoms with Crippen molar-refractivity contribution in [3.05, 3.63) is 0 Å². The summed E-state index contributed by atoms with van der Waals surface area (Å²) in [6, 6.07) is 0. The van der Waals surface area contributed by atoms with E-state index < -0.39 is 5.79 Å². The van der Waals surface area contributed by atoms with Crippen LogP contribution in [0.1, 0.15) is 26.2 Å². The van der Waals surface area contributed by atoms with Gasteiger partial charge in [0, 0.05) is 13.2 Å². The van der Waals surface area contributed by atoms with Gasteiger partial charge in [0.15, 0.2) is 5.79 Å². The maximum absolute atomic E-state index is 5.94. The molecule has 0 bridgehead atoms. The number of rotatable bonds is 3. The lowest BCUT2D eigenvalue weighted by Gasteiger charge is -2.31. The summed E-state index contributed by atoms with van der Waals surface area (Å²) in [6.07, 6.45) is 3.18. The first-order valence-corrected chi connectivity index (χ1v) is 7.91. The Morgan fingerprint density at radius 3 is 2.43 bits per heavy atom. The fourth-order valence-corrected chi connectivity index (χ4v) is 2.32. The molecule has 2 unspecified atom stereocenters. The summed E-state index contributed by atoms with van der Waals surface area (Å²) in [5.74, 6) is -0.736. The summed E-state index contributed by atoms with van der Waals surface area (Å²) < 4.78 is 33.9. The molecule has 2 saturated heterocycles. The fraction of sp³-hybridized carbons (Fsp3) is 1.00. The molecule has 6 heteroatoms. The molecule has 0 aromatic heterocycles. The molecule has 2 aliphatic heterocycles. The Morgan fingerprint density at radius 2 is 1.67 bits per heavy atom. The molecular formula is C15H28O6. The molecule has 0 spiro atoms. The van der Waals surface area contributed by atoms with E-state index in [2.05, 4.69) is 0 Å². The van der Waals surface area contributed by atoms with E-state index in [1.54, 1.807) is 0 Å². The predicted molar refractivity (Wildman–Crippen MR) is 76.4 cm³/mol. The van der Waals surface area contributed by atoms with Crippen molar-refractivity contribution in [3.63, 3.8) is 0 Å². The molecule has 0 radical (unpaired) electrons.